The molecule has 9 heteroatoms. The van der Waals surface area contributed by atoms with Crippen LogP contribution in [-0.2, 0) is 12.6 Å². The van der Waals surface area contributed by atoms with Gasteiger partial charge in [0.2, 0.25) is 5.78 Å². The summed E-state index contributed by atoms with van der Waals surface area (Å²) in [5.74, 6) is -0.505. The first-order chi connectivity index (χ1) is 8.43. The Morgan fingerprint density at radius 3 is 2.72 bits per heavy atom. The lowest BCUT2D eigenvalue weighted by Gasteiger charge is -1.98. The molecule has 0 N–H and O–H groups in total. The number of hydrogen-bond acceptors (Lipinski definition) is 6. The van der Waals surface area contributed by atoms with E-state index in [1.807, 2.05) is 0 Å². The predicted octanol–water partition coefficient (Wildman–Crippen LogP) is 2.81. The van der Waals surface area contributed by atoms with Crippen molar-refractivity contribution >= 4 is 28.7 Å². The highest BCUT2D eigenvalue weighted by atomic mass is 32.1. The van der Waals surface area contributed by atoms with Crippen molar-refractivity contribution < 1.29 is 18.0 Å². The fraction of sp³-hybridized carbons (Fsp3) is 0.333. The van der Waals surface area contributed by atoms with Gasteiger partial charge in [0.05, 0.1) is 10.6 Å². The van der Waals surface area contributed by atoms with E-state index in [-0.39, 0.29) is 9.75 Å². The summed E-state index contributed by atoms with van der Waals surface area (Å²) in [4.78, 5) is 15.4. The van der Waals surface area contributed by atoms with E-state index in [9.17, 15) is 18.0 Å². The Balaban J connectivity index is 2.33. The van der Waals surface area contributed by atoms with E-state index in [0.29, 0.717) is 23.5 Å². The van der Waals surface area contributed by atoms with Crippen LogP contribution in [0.5, 0.6) is 0 Å². The van der Waals surface area contributed by atoms with Gasteiger partial charge in [-0.15, -0.1) is 16.4 Å². The highest BCUT2D eigenvalue weighted by Gasteiger charge is 2.35. The van der Waals surface area contributed by atoms with Crippen LogP contribution in [0.1, 0.15) is 32.2 Å². The topological polar surface area (TPSA) is 55.7 Å². The molecule has 0 bridgehead atoms. The smallest absolute Gasteiger partial charge is 0.287 e. The SMILES string of the molecule is CCc1nnsc1C(=O)c1cnc(C(F)(F)F)s1. The zero-order valence-electron chi connectivity index (χ0n) is 8.98. The van der Waals surface area contributed by atoms with Gasteiger partial charge in [-0.3, -0.25) is 4.79 Å². The number of ketones is 1. The van der Waals surface area contributed by atoms with E-state index in [0.717, 1.165) is 17.7 Å². The zero-order valence-corrected chi connectivity index (χ0v) is 10.6. The van der Waals surface area contributed by atoms with Crippen LogP contribution in [0.2, 0.25) is 0 Å². The third-order valence-electron chi connectivity index (χ3n) is 2.07. The van der Waals surface area contributed by atoms with Gasteiger partial charge in [-0.25, -0.2) is 4.98 Å². The Labute approximate surface area is 108 Å². The maximum Gasteiger partial charge on any atom is 0.443 e. The van der Waals surface area contributed by atoms with Crippen molar-refractivity contribution in [2.75, 3.05) is 0 Å². The number of hydrogen-bond donors (Lipinski definition) is 0. The second kappa shape index (κ2) is 4.73. The second-order valence-corrected chi connectivity index (χ2v) is 5.04. The van der Waals surface area contributed by atoms with Gasteiger partial charge < -0.3 is 0 Å². The number of aryl methyl sites for hydroxylation is 1. The number of thiazole rings is 1. The molecule has 0 atom stereocenters. The van der Waals surface area contributed by atoms with E-state index in [1.165, 1.54) is 0 Å². The van der Waals surface area contributed by atoms with Crippen LogP contribution < -0.4 is 0 Å². The minimum Gasteiger partial charge on any atom is -0.287 e. The number of carbonyl (C=O) groups is 1. The molecule has 2 aromatic rings. The molecule has 0 aliphatic carbocycles. The number of nitrogens with zero attached hydrogens (tertiary/aromatic N) is 3. The van der Waals surface area contributed by atoms with Gasteiger partial charge in [0, 0.05) is 6.20 Å². The minimum absolute atomic E-state index is 0.0527. The van der Waals surface area contributed by atoms with E-state index < -0.39 is 17.0 Å². The van der Waals surface area contributed by atoms with E-state index in [2.05, 4.69) is 14.6 Å². The molecule has 96 valence electrons. The number of aromatic nitrogens is 3. The maximum absolute atomic E-state index is 12.4. The van der Waals surface area contributed by atoms with E-state index >= 15 is 0 Å². The van der Waals surface area contributed by atoms with Crippen molar-refractivity contribution in [1.82, 2.24) is 14.6 Å². The molecule has 0 fully saturated rings. The molecule has 0 saturated heterocycles. The zero-order chi connectivity index (χ0) is 13.3. The molecular weight excluding hydrogens is 287 g/mol. The lowest BCUT2D eigenvalue weighted by Crippen LogP contribution is -2.03. The first-order valence-electron chi connectivity index (χ1n) is 4.82. The Kier molecular flexibility index (Phi) is 3.44. The van der Waals surface area contributed by atoms with Crippen LogP contribution in [0.25, 0.3) is 0 Å². The lowest BCUT2D eigenvalue weighted by molar-refractivity contribution is -0.137. The summed E-state index contributed by atoms with van der Waals surface area (Å²) in [5, 5.41) is 2.72. The third kappa shape index (κ3) is 2.41. The summed E-state index contributed by atoms with van der Waals surface area (Å²) >= 11 is 1.21. The van der Waals surface area contributed by atoms with Gasteiger partial charge in [-0.1, -0.05) is 11.4 Å². The molecule has 0 radical (unpaired) electrons. The van der Waals surface area contributed by atoms with Crippen molar-refractivity contribution in [2.45, 2.75) is 19.5 Å². The van der Waals surface area contributed by atoms with Crippen LogP contribution in [0, 0.1) is 0 Å². The van der Waals surface area contributed by atoms with E-state index in [4.69, 9.17) is 0 Å². The molecule has 2 rings (SSSR count). The van der Waals surface area contributed by atoms with Crippen molar-refractivity contribution in [3.8, 4) is 0 Å². The average molecular weight is 293 g/mol. The predicted molar refractivity (Wildman–Crippen MR) is 59.8 cm³/mol. The van der Waals surface area contributed by atoms with Gasteiger partial charge in [-0.2, -0.15) is 13.2 Å². The van der Waals surface area contributed by atoms with Crippen molar-refractivity contribution in [3.63, 3.8) is 0 Å². The fourth-order valence-electron chi connectivity index (χ4n) is 1.23. The fourth-order valence-corrected chi connectivity index (χ4v) is 2.73. The van der Waals surface area contributed by atoms with Crippen LogP contribution in [0.3, 0.4) is 0 Å². The third-order valence-corrected chi connectivity index (χ3v) is 3.88. The Morgan fingerprint density at radius 2 is 2.17 bits per heavy atom. The summed E-state index contributed by atoms with van der Waals surface area (Å²) < 4.78 is 40.7. The molecule has 4 nitrogen and oxygen atoms in total. The first-order valence-corrected chi connectivity index (χ1v) is 6.41. The monoisotopic (exact) mass is 293 g/mol. The highest BCUT2D eigenvalue weighted by molar-refractivity contribution is 7.15. The van der Waals surface area contributed by atoms with Crippen molar-refractivity contribution in [1.29, 1.82) is 0 Å². The summed E-state index contributed by atoms with van der Waals surface area (Å²) in [6.07, 6.45) is -3.08. The maximum atomic E-state index is 12.4. The Bertz CT molecular complexity index is 576. The Morgan fingerprint density at radius 1 is 1.44 bits per heavy atom. The van der Waals surface area contributed by atoms with Crippen LogP contribution >= 0.6 is 22.9 Å². The molecule has 0 spiro atoms. The highest BCUT2D eigenvalue weighted by Crippen LogP contribution is 2.33. The molecule has 0 aliphatic heterocycles. The summed E-state index contributed by atoms with van der Waals surface area (Å²) in [5.41, 5.74) is 0.493. The lowest BCUT2D eigenvalue weighted by atomic mass is 10.2. The Hall–Kier alpha value is -1.35. The van der Waals surface area contributed by atoms with Gasteiger partial charge >= 0.3 is 6.18 Å². The summed E-state index contributed by atoms with van der Waals surface area (Å²) in [6.45, 7) is 1.79. The minimum atomic E-state index is -4.53. The van der Waals surface area contributed by atoms with Gasteiger partial charge in [0.1, 0.15) is 4.88 Å². The number of halogens is 3. The molecule has 2 aromatic heterocycles. The van der Waals surface area contributed by atoms with Crippen LogP contribution in [-0.4, -0.2) is 20.4 Å². The molecule has 2 heterocycles. The molecular formula is C9H6F3N3OS2. The largest absolute Gasteiger partial charge is 0.443 e. The normalized spacial score (nSPS) is 11.8. The second-order valence-electron chi connectivity index (χ2n) is 3.26. The molecule has 0 unspecified atom stereocenters. The van der Waals surface area contributed by atoms with Gasteiger partial charge in [0.25, 0.3) is 0 Å². The average Bonchev–Trinajstić information content (AvgIpc) is 2.96. The molecule has 0 amide bonds. The summed E-state index contributed by atoms with van der Waals surface area (Å²) in [7, 11) is 0. The van der Waals surface area contributed by atoms with Crippen molar-refractivity contribution in [3.05, 3.63) is 26.7 Å². The molecule has 0 aromatic carbocycles. The number of rotatable bonds is 3. The summed E-state index contributed by atoms with van der Waals surface area (Å²) in [6, 6.07) is 0. The number of alkyl halides is 3. The first kappa shape index (κ1) is 13.1. The standard InChI is InChI=1S/C9H6F3N3OS2/c1-2-4-7(18-15-14-4)6(16)5-3-13-8(17-5)9(10,11)12/h3H,2H2,1H3. The molecule has 18 heavy (non-hydrogen) atoms. The van der Waals surface area contributed by atoms with Crippen LogP contribution in [0.4, 0.5) is 13.2 Å². The van der Waals surface area contributed by atoms with E-state index in [1.54, 1.807) is 6.92 Å². The van der Waals surface area contributed by atoms with Crippen LogP contribution in [0.15, 0.2) is 6.20 Å². The molecule has 0 aliphatic rings. The molecule has 0 saturated carbocycles. The van der Waals surface area contributed by atoms with Gasteiger partial charge in [-0.05, 0) is 18.0 Å². The number of carbonyl (C=O) groups excluding carboxylic acids is 1. The van der Waals surface area contributed by atoms with Crippen molar-refractivity contribution in [2.24, 2.45) is 0 Å². The van der Waals surface area contributed by atoms with Gasteiger partial charge in [0.15, 0.2) is 5.01 Å². The quantitative estimate of drug-likeness (QED) is 0.817.